The van der Waals surface area contributed by atoms with Crippen molar-refractivity contribution in [1.29, 1.82) is 0 Å². The zero-order valence-electron chi connectivity index (χ0n) is 8.74. The number of rotatable bonds is 4. The molecule has 15 heavy (non-hydrogen) atoms. The lowest BCUT2D eigenvalue weighted by Crippen LogP contribution is -2.24. The maximum absolute atomic E-state index is 12.3. The van der Waals surface area contributed by atoms with Crippen molar-refractivity contribution in [3.05, 3.63) is 29.8 Å². The molecule has 2 N–H and O–H groups in total. The third-order valence-electron chi connectivity index (χ3n) is 2.17. The van der Waals surface area contributed by atoms with Crippen LogP contribution < -0.4 is 5.32 Å². The van der Waals surface area contributed by atoms with Gasteiger partial charge in [-0.2, -0.15) is 0 Å². The van der Waals surface area contributed by atoms with Gasteiger partial charge in [0.2, 0.25) is 0 Å². The predicted octanol–water partition coefficient (Wildman–Crippen LogP) is 2.81. The van der Waals surface area contributed by atoms with Crippen LogP contribution in [0.4, 0.5) is 14.5 Å². The first-order valence-electron chi connectivity index (χ1n) is 4.84. The molecule has 0 aromatic heterocycles. The van der Waals surface area contributed by atoms with E-state index in [0.29, 0.717) is 11.3 Å². The molecule has 2 atom stereocenters. The van der Waals surface area contributed by atoms with Gasteiger partial charge >= 0.3 is 0 Å². The fraction of sp³-hybridized carbons (Fsp3) is 0.455. The lowest BCUT2D eigenvalue weighted by molar-refractivity contribution is 0.130. The number of nitrogens with one attached hydrogen (secondary N) is 1. The third kappa shape index (κ3) is 3.16. The van der Waals surface area contributed by atoms with Gasteiger partial charge in [-0.05, 0) is 19.9 Å². The average Bonchev–Trinajstić information content (AvgIpc) is 2.18. The van der Waals surface area contributed by atoms with Gasteiger partial charge in [0.15, 0.2) is 0 Å². The number of para-hydroxylation sites is 1. The number of alkyl halides is 2. The summed E-state index contributed by atoms with van der Waals surface area (Å²) in [5, 5.41) is 12.1. The standard InChI is InChI=1S/C11H15F2NO/c1-7(11(12)13)14-10-6-4-3-5-9(10)8(2)15/h3-8,11,14-15H,1-2H3. The Morgan fingerprint density at radius 2 is 1.80 bits per heavy atom. The van der Waals surface area contributed by atoms with E-state index in [1.54, 1.807) is 31.2 Å². The van der Waals surface area contributed by atoms with E-state index >= 15 is 0 Å². The third-order valence-corrected chi connectivity index (χ3v) is 2.17. The monoisotopic (exact) mass is 215 g/mol. The second-order valence-corrected chi connectivity index (χ2v) is 3.53. The number of halogens is 2. The van der Waals surface area contributed by atoms with Crippen molar-refractivity contribution in [1.82, 2.24) is 0 Å². The smallest absolute Gasteiger partial charge is 0.258 e. The van der Waals surface area contributed by atoms with Crippen molar-refractivity contribution < 1.29 is 13.9 Å². The van der Waals surface area contributed by atoms with Gasteiger partial charge in [-0.1, -0.05) is 18.2 Å². The van der Waals surface area contributed by atoms with Gasteiger partial charge in [0.25, 0.3) is 6.43 Å². The fourth-order valence-electron chi connectivity index (χ4n) is 1.30. The van der Waals surface area contributed by atoms with Gasteiger partial charge in [-0.3, -0.25) is 0 Å². The SMILES string of the molecule is CC(O)c1ccccc1NC(C)C(F)F. The molecule has 2 unspecified atom stereocenters. The molecule has 0 aliphatic rings. The summed E-state index contributed by atoms with van der Waals surface area (Å²) in [4.78, 5) is 0. The minimum Gasteiger partial charge on any atom is -0.389 e. The predicted molar refractivity (Wildman–Crippen MR) is 56.2 cm³/mol. The molecule has 0 heterocycles. The summed E-state index contributed by atoms with van der Waals surface area (Å²) in [5.41, 5.74) is 1.19. The molecule has 0 aliphatic heterocycles. The maximum atomic E-state index is 12.3. The lowest BCUT2D eigenvalue weighted by Gasteiger charge is -2.18. The Bertz CT molecular complexity index is 315. The highest BCUT2D eigenvalue weighted by Gasteiger charge is 2.16. The van der Waals surface area contributed by atoms with E-state index in [9.17, 15) is 13.9 Å². The molecular weight excluding hydrogens is 200 g/mol. The number of hydrogen-bond donors (Lipinski definition) is 2. The first kappa shape index (κ1) is 11.9. The largest absolute Gasteiger partial charge is 0.389 e. The highest BCUT2D eigenvalue weighted by Crippen LogP contribution is 2.23. The van der Waals surface area contributed by atoms with E-state index in [2.05, 4.69) is 5.32 Å². The lowest BCUT2D eigenvalue weighted by atomic mass is 10.1. The molecule has 0 saturated heterocycles. The molecule has 4 heteroatoms. The minimum absolute atomic E-state index is 0.556. The van der Waals surface area contributed by atoms with Gasteiger partial charge in [-0.15, -0.1) is 0 Å². The molecule has 1 aromatic rings. The fourth-order valence-corrected chi connectivity index (χ4v) is 1.30. The van der Waals surface area contributed by atoms with Crippen LogP contribution in [0.2, 0.25) is 0 Å². The Morgan fingerprint density at radius 1 is 1.20 bits per heavy atom. The number of anilines is 1. The molecule has 2 nitrogen and oxygen atoms in total. The van der Waals surface area contributed by atoms with Gasteiger partial charge in [-0.25, -0.2) is 8.78 Å². The van der Waals surface area contributed by atoms with Crippen molar-refractivity contribution >= 4 is 5.69 Å². The van der Waals surface area contributed by atoms with Crippen LogP contribution in [0.5, 0.6) is 0 Å². The Hall–Kier alpha value is -1.16. The zero-order chi connectivity index (χ0) is 11.4. The number of benzene rings is 1. The molecule has 0 aliphatic carbocycles. The Morgan fingerprint density at radius 3 is 2.33 bits per heavy atom. The van der Waals surface area contributed by atoms with Gasteiger partial charge < -0.3 is 10.4 Å². The van der Waals surface area contributed by atoms with Crippen LogP contribution in [-0.4, -0.2) is 17.6 Å². The topological polar surface area (TPSA) is 32.3 Å². The first-order valence-corrected chi connectivity index (χ1v) is 4.84. The van der Waals surface area contributed by atoms with Crippen LogP contribution in [0, 0.1) is 0 Å². The van der Waals surface area contributed by atoms with Gasteiger partial charge in [0.05, 0.1) is 12.1 Å². The Balaban J connectivity index is 2.84. The molecule has 0 radical (unpaired) electrons. The van der Waals surface area contributed by atoms with Crippen LogP contribution >= 0.6 is 0 Å². The molecular formula is C11H15F2NO. The highest BCUT2D eigenvalue weighted by atomic mass is 19.3. The zero-order valence-corrected chi connectivity index (χ0v) is 8.74. The summed E-state index contributed by atoms with van der Waals surface area (Å²) in [5.74, 6) is 0. The second kappa shape index (κ2) is 5.07. The number of hydrogen-bond acceptors (Lipinski definition) is 2. The summed E-state index contributed by atoms with van der Waals surface area (Å²) in [7, 11) is 0. The molecule has 1 rings (SSSR count). The van der Waals surface area contributed by atoms with Crippen molar-refractivity contribution in [2.24, 2.45) is 0 Å². The van der Waals surface area contributed by atoms with E-state index in [1.807, 2.05) is 0 Å². The van der Waals surface area contributed by atoms with Crippen LogP contribution in [0.3, 0.4) is 0 Å². The number of aliphatic hydroxyl groups is 1. The molecule has 0 spiro atoms. The Labute approximate surface area is 87.9 Å². The normalized spacial score (nSPS) is 15.1. The Kier molecular flexibility index (Phi) is 4.03. The molecule has 1 aromatic carbocycles. The molecule has 0 bridgehead atoms. The van der Waals surface area contributed by atoms with E-state index < -0.39 is 18.6 Å². The summed E-state index contributed by atoms with van der Waals surface area (Å²) in [6.45, 7) is 3.01. The molecule has 0 saturated carbocycles. The maximum Gasteiger partial charge on any atom is 0.258 e. The van der Waals surface area contributed by atoms with E-state index in [0.717, 1.165) is 0 Å². The minimum atomic E-state index is -2.42. The van der Waals surface area contributed by atoms with E-state index in [1.165, 1.54) is 6.92 Å². The van der Waals surface area contributed by atoms with Crippen molar-refractivity contribution in [2.45, 2.75) is 32.4 Å². The van der Waals surface area contributed by atoms with Crippen molar-refractivity contribution in [3.8, 4) is 0 Å². The summed E-state index contributed by atoms with van der Waals surface area (Å²) in [6.07, 6.45) is -3.09. The van der Waals surface area contributed by atoms with Crippen LogP contribution in [0.1, 0.15) is 25.5 Å². The summed E-state index contributed by atoms with van der Waals surface area (Å²) >= 11 is 0. The van der Waals surface area contributed by atoms with Gasteiger partial charge in [0.1, 0.15) is 0 Å². The molecule has 84 valence electrons. The summed E-state index contributed by atoms with van der Waals surface area (Å²) in [6, 6.07) is 5.98. The molecule has 0 amide bonds. The summed E-state index contributed by atoms with van der Waals surface area (Å²) < 4.78 is 24.6. The first-order chi connectivity index (χ1) is 7.02. The van der Waals surface area contributed by atoms with E-state index in [-0.39, 0.29) is 0 Å². The van der Waals surface area contributed by atoms with Crippen LogP contribution in [0.15, 0.2) is 24.3 Å². The van der Waals surface area contributed by atoms with Gasteiger partial charge in [0, 0.05) is 11.3 Å². The average molecular weight is 215 g/mol. The highest BCUT2D eigenvalue weighted by molar-refractivity contribution is 5.52. The van der Waals surface area contributed by atoms with Crippen LogP contribution in [0.25, 0.3) is 0 Å². The second-order valence-electron chi connectivity index (χ2n) is 3.53. The number of aliphatic hydroxyl groups excluding tert-OH is 1. The van der Waals surface area contributed by atoms with E-state index in [4.69, 9.17) is 0 Å². The molecule has 0 fully saturated rings. The van der Waals surface area contributed by atoms with Crippen molar-refractivity contribution in [3.63, 3.8) is 0 Å². The van der Waals surface area contributed by atoms with Crippen molar-refractivity contribution in [2.75, 3.05) is 5.32 Å². The van der Waals surface area contributed by atoms with Crippen LogP contribution in [-0.2, 0) is 0 Å². The quantitative estimate of drug-likeness (QED) is 0.809.